The molecule has 0 aliphatic rings. The van der Waals surface area contributed by atoms with E-state index in [1.807, 2.05) is 13.8 Å². The average molecular weight is 467 g/mol. The van der Waals surface area contributed by atoms with Crippen molar-refractivity contribution in [1.29, 1.82) is 0 Å². The van der Waals surface area contributed by atoms with E-state index in [1.165, 1.54) is 14.0 Å². The topological polar surface area (TPSA) is 93.7 Å². The molecule has 0 unspecified atom stereocenters. The lowest BCUT2D eigenvalue weighted by molar-refractivity contribution is -0.144. The molecule has 7 nitrogen and oxygen atoms in total. The number of ether oxygens (including phenoxy) is 2. The van der Waals surface area contributed by atoms with Crippen molar-refractivity contribution in [2.75, 3.05) is 12.4 Å². The highest BCUT2D eigenvalue weighted by Crippen LogP contribution is 2.37. The molecule has 2 rings (SSSR count). The van der Waals surface area contributed by atoms with Gasteiger partial charge in [-0.15, -0.1) is 0 Å². The van der Waals surface area contributed by atoms with Crippen molar-refractivity contribution in [3.63, 3.8) is 0 Å². The number of methoxy groups -OCH3 is 1. The van der Waals surface area contributed by atoms with Crippen LogP contribution < -0.4 is 15.4 Å². The van der Waals surface area contributed by atoms with E-state index >= 15 is 0 Å². The van der Waals surface area contributed by atoms with Crippen molar-refractivity contribution in [3.8, 4) is 11.5 Å². The number of benzene rings is 2. The van der Waals surface area contributed by atoms with Crippen LogP contribution in [0.5, 0.6) is 11.5 Å². The Labute approximate surface area is 191 Å². The van der Waals surface area contributed by atoms with Gasteiger partial charge in [-0.1, -0.05) is 37.0 Å². The minimum Gasteiger partial charge on any atom is -0.467 e. The summed E-state index contributed by atoms with van der Waals surface area (Å²) in [5, 5.41) is 5.79. The van der Waals surface area contributed by atoms with Crippen molar-refractivity contribution in [2.24, 2.45) is 5.92 Å². The predicted molar refractivity (Wildman–Crippen MR) is 120 cm³/mol. The zero-order chi connectivity index (χ0) is 23.1. The maximum Gasteiger partial charge on any atom is 0.328 e. The Bertz CT molecular complexity index is 938. The van der Waals surface area contributed by atoms with E-state index < -0.39 is 12.0 Å². The second kappa shape index (κ2) is 11.0. The number of amides is 2. The van der Waals surface area contributed by atoms with Crippen LogP contribution in [-0.2, 0) is 25.5 Å². The smallest absolute Gasteiger partial charge is 0.328 e. The van der Waals surface area contributed by atoms with Gasteiger partial charge in [0.25, 0.3) is 0 Å². The molecule has 0 saturated heterocycles. The first-order valence-electron chi connectivity index (χ1n) is 9.54. The van der Waals surface area contributed by atoms with Gasteiger partial charge in [0.05, 0.1) is 23.6 Å². The summed E-state index contributed by atoms with van der Waals surface area (Å²) in [5.41, 5.74) is 1.20. The van der Waals surface area contributed by atoms with Crippen molar-refractivity contribution >= 4 is 46.7 Å². The number of esters is 1. The Balaban J connectivity index is 2.06. The molecule has 31 heavy (non-hydrogen) atoms. The molecule has 0 aromatic heterocycles. The fourth-order valence-corrected chi connectivity index (χ4v) is 3.15. The Morgan fingerprint density at radius 3 is 2.10 bits per heavy atom. The van der Waals surface area contributed by atoms with Crippen LogP contribution in [0.25, 0.3) is 0 Å². The number of anilines is 1. The third kappa shape index (κ3) is 7.15. The van der Waals surface area contributed by atoms with Crippen molar-refractivity contribution in [3.05, 3.63) is 52.0 Å². The summed E-state index contributed by atoms with van der Waals surface area (Å²) in [4.78, 5) is 35.3. The maximum absolute atomic E-state index is 12.1. The summed E-state index contributed by atoms with van der Waals surface area (Å²) in [6.45, 7) is 5.15. The molecule has 0 saturated carbocycles. The number of rotatable bonds is 8. The average Bonchev–Trinajstić information content (AvgIpc) is 2.71. The molecule has 0 aliphatic heterocycles. The van der Waals surface area contributed by atoms with Crippen LogP contribution in [-0.4, -0.2) is 30.9 Å². The molecule has 0 bridgehead atoms. The van der Waals surface area contributed by atoms with Gasteiger partial charge in [0.15, 0.2) is 5.75 Å². The van der Waals surface area contributed by atoms with Gasteiger partial charge in [0.1, 0.15) is 11.8 Å². The van der Waals surface area contributed by atoms with E-state index in [0.717, 1.165) is 0 Å². The van der Waals surface area contributed by atoms with Crippen molar-refractivity contribution in [1.82, 2.24) is 5.32 Å². The van der Waals surface area contributed by atoms with Gasteiger partial charge < -0.3 is 20.1 Å². The molecule has 2 aromatic rings. The highest BCUT2D eigenvalue weighted by molar-refractivity contribution is 6.37. The molecule has 9 heteroatoms. The molecule has 0 radical (unpaired) electrons. The van der Waals surface area contributed by atoms with Crippen LogP contribution in [0.2, 0.25) is 10.0 Å². The van der Waals surface area contributed by atoms with Crippen LogP contribution in [0.15, 0.2) is 36.4 Å². The van der Waals surface area contributed by atoms with E-state index in [-0.39, 0.29) is 39.9 Å². The number of carbonyl (C=O) groups excluding carboxylic acids is 3. The third-order valence-corrected chi connectivity index (χ3v) is 4.78. The normalized spacial score (nSPS) is 11.6. The lowest BCUT2D eigenvalue weighted by Gasteiger charge is -2.14. The largest absolute Gasteiger partial charge is 0.467 e. The van der Waals surface area contributed by atoms with Crippen LogP contribution in [0.1, 0.15) is 26.3 Å². The van der Waals surface area contributed by atoms with Crippen molar-refractivity contribution in [2.45, 2.75) is 33.2 Å². The molecule has 1 atom stereocenters. The van der Waals surface area contributed by atoms with Gasteiger partial charge in [-0.3, -0.25) is 9.59 Å². The Morgan fingerprint density at radius 2 is 1.58 bits per heavy atom. The number of hydrogen-bond acceptors (Lipinski definition) is 5. The third-order valence-electron chi connectivity index (χ3n) is 4.22. The number of hydrogen-bond donors (Lipinski definition) is 2. The van der Waals surface area contributed by atoms with E-state index in [2.05, 4.69) is 15.4 Å². The Hall–Kier alpha value is -2.77. The summed E-state index contributed by atoms with van der Waals surface area (Å²) in [6, 6.07) is 9.15. The van der Waals surface area contributed by atoms with E-state index in [9.17, 15) is 14.4 Å². The van der Waals surface area contributed by atoms with Gasteiger partial charge in [0.2, 0.25) is 11.8 Å². The zero-order valence-electron chi connectivity index (χ0n) is 17.6. The van der Waals surface area contributed by atoms with Crippen LogP contribution in [0.3, 0.4) is 0 Å². The summed E-state index contributed by atoms with van der Waals surface area (Å²) in [6.07, 6.45) is -0.0225. The molecular weight excluding hydrogens is 443 g/mol. The minimum atomic E-state index is -0.764. The van der Waals surface area contributed by atoms with Crippen molar-refractivity contribution < 1.29 is 23.9 Å². The standard InChI is InChI=1S/C22H24Cl2N2O5/c1-12(2)21(28)26-15-5-7-16(8-6-15)31-20-17(23)9-14(10-18(20)24)11-19(27)25-13(3)22(29)30-4/h5-10,12-13H,11H2,1-4H3,(H,25,27)(H,26,28)/t13-/m0/s1. The van der Waals surface area contributed by atoms with Gasteiger partial charge >= 0.3 is 5.97 Å². The summed E-state index contributed by atoms with van der Waals surface area (Å²) >= 11 is 12.6. The summed E-state index contributed by atoms with van der Waals surface area (Å²) < 4.78 is 10.4. The highest BCUT2D eigenvalue weighted by atomic mass is 35.5. The second-order valence-corrected chi connectivity index (χ2v) is 7.96. The molecule has 166 valence electrons. The molecule has 0 heterocycles. The Morgan fingerprint density at radius 1 is 1.00 bits per heavy atom. The fourth-order valence-electron chi connectivity index (χ4n) is 2.54. The molecular formula is C22H24Cl2N2O5. The lowest BCUT2D eigenvalue weighted by Crippen LogP contribution is -2.39. The monoisotopic (exact) mass is 466 g/mol. The summed E-state index contributed by atoms with van der Waals surface area (Å²) in [5.74, 6) is -0.406. The van der Waals surface area contributed by atoms with Crippen LogP contribution in [0, 0.1) is 5.92 Å². The maximum atomic E-state index is 12.1. The van der Waals surface area contributed by atoms with Gasteiger partial charge in [-0.05, 0) is 48.9 Å². The molecule has 0 spiro atoms. The number of halogens is 2. The van der Waals surface area contributed by atoms with E-state index in [1.54, 1.807) is 36.4 Å². The number of nitrogens with one attached hydrogen (secondary N) is 2. The quantitative estimate of drug-likeness (QED) is 0.554. The fraction of sp³-hybridized carbons (Fsp3) is 0.318. The molecule has 0 fully saturated rings. The predicted octanol–water partition coefficient (Wildman–Crippen LogP) is 4.60. The molecule has 0 aliphatic carbocycles. The minimum absolute atomic E-state index is 0.0225. The van der Waals surface area contributed by atoms with E-state index in [4.69, 9.17) is 27.9 Å². The first-order valence-corrected chi connectivity index (χ1v) is 10.3. The van der Waals surface area contributed by atoms with Gasteiger partial charge in [-0.2, -0.15) is 0 Å². The van der Waals surface area contributed by atoms with Gasteiger partial charge in [-0.25, -0.2) is 4.79 Å². The SMILES string of the molecule is COC(=O)[C@H](C)NC(=O)Cc1cc(Cl)c(Oc2ccc(NC(=O)C(C)C)cc2)c(Cl)c1. The first kappa shape index (κ1) is 24.5. The zero-order valence-corrected chi connectivity index (χ0v) is 19.1. The van der Waals surface area contributed by atoms with E-state index in [0.29, 0.717) is 17.0 Å². The second-order valence-electron chi connectivity index (χ2n) is 7.15. The highest BCUT2D eigenvalue weighted by Gasteiger charge is 2.18. The molecule has 2 amide bonds. The van der Waals surface area contributed by atoms with Crippen LogP contribution in [0.4, 0.5) is 5.69 Å². The number of carbonyl (C=O) groups is 3. The molecule has 2 N–H and O–H groups in total. The summed E-state index contributed by atoms with van der Waals surface area (Å²) in [7, 11) is 1.25. The lowest BCUT2D eigenvalue weighted by atomic mass is 10.1. The van der Waals surface area contributed by atoms with Crippen LogP contribution >= 0.6 is 23.2 Å². The Kier molecular flexibility index (Phi) is 8.71. The first-order chi connectivity index (χ1) is 14.6. The molecule has 2 aromatic carbocycles. The van der Waals surface area contributed by atoms with Gasteiger partial charge in [0, 0.05) is 11.6 Å².